The molecular formula is C22H30N2O6. The Balaban J connectivity index is 0. The lowest BCUT2D eigenvalue weighted by molar-refractivity contribution is -0.148. The van der Waals surface area contributed by atoms with Crippen molar-refractivity contribution < 1.29 is 29.4 Å². The first kappa shape index (κ1) is 28.8. The van der Waals surface area contributed by atoms with E-state index in [1.807, 2.05) is 67.6 Å². The maximum atomic E-state index is 10.6. The predicted octanol–water partition coefficient (Wildman–Crippen LogP) is 2.67. The fraction of sp³-hybridized carbons (Fsp3) is 0.273. The number of aliphatic carboxylic acids is 2. The zero-order valence-electron chi connectivity index (χ0n) is 17.6. The zero-order chi connectivity index (χ0) is 23.7. The molecule has 30 heavy (non-hydrogen) atoms. The highest BCUT2D eigenvalue weighted by Gasteiger charge is 2.00. The average molecular weight is 418 g/mol. The summed E-state index contributed by atoms with van der Waals surface area (Å²) < 4.78 is 0. The number of benzene rings is 2. The number of carbonyl (C=O) groups excluding carboxylic acids is 2. The molecule has 2 atom stereocenters. The van der Waals surface area contributed by atoms with Crippen LogP contribution in [0, 0.1) is 0 Å². The molecule has 0 amide bonds. The Bertz CT molecular complexity index is 763. The van der Waals surface area contributed by atoms with Crippen LogP contribution >= 0.6 is 0 Å². The van der Waals surface area contributed by atoms with E-state index >= 15 is 0 Å². The van der Waals surface area contributed by atoms with E-state index in [-0.39, 0.29) is 11.8 Å². The van der Waals surface area contributed by atoms with Crippen LogP contribution in [0.3, 0.4) is 0 Å². The van der Waals surface area contributed by atoms with E-state index in [0.717, 1.165) is 12.5 Å². The average Bonchev–Trinajstić information content (AvgIpc) is 2.70. The van der Waals surface area contributed by atoms with Crippen molar-refractivity contribution >= 4 is 23.5 Å². The molecular weight excluding hydrogens is 388 g/mol. The van der Waals surface area contributed by atoms with Crippen LogP contribution in [-0.4, -0.2) is 39.8 Å². The van der Waals surface area contributed by atoms with Gasteiger partial charge in [-0.15, -0.1) is 0 Å². The maximum absolute atomic E-state index is 10.6. The molecule has 2 aromatic carbocycles. The fourth-order valence-corrected chi connectivity index (χ4v) is 1.43. The van der Waals surface area contributed by atoms with Gasteiger partial charge in [0, 0.05) is 18.5 Å². The molecule has 0 spiro atoms. The number of hydrogen-bond acceptors (Lipinski definition) is 6. The maximum Gasteiger partial charge on any atom is 0.371 e. The number of carboxylic acid groups (broad SMARTS) is 2. The Kier molecular flexibility index (Phi) is 15.9. The standard InChI is InChI=1S/C8H11N.C8H8O.C3H7NO2.C3H4O3/c2*1-7(9)8-5-3-2-4-6-8;2*1-2(4)3(5)6/h2-7H,9H2,1H3;2-6H,1H3;2H,4H2,1H3,(H,5,6);1H3,(H,5,6)/t;;2-;/m..0./s1. The van der Waals surface area contributed by atoms with Crippen molar-refractivity contribution in [3.8, 4) is 0 Å². The molecule has 0 fully saturated rings. The molecule has 0 saturated carbocycles. The highest BCUT2D eigenvalue weighted by atomic mass is 16.4. The largest absolute Gasteiger partial charge is 0.480 e. The molecule has 0 aliphatic heterocycles. The lowest BCUT2D eigenvalue weighted by atomic mass is 10.1. The summed E-state index contributed by atoms with van der Waals surface area (Å²) in [4.78, 5) is 39.1. The molecule has 8 nitrogen and oxygen atoms in total. The SMILES string of the molecule is CC(=O)C(=O)O.CC(=O)c1ccccc1.CC(N)c1ccccc1.C[C@H](N)C(=O)O. The highest BCUT2D eigenvalue weighted by molar-refractivity contribution is 6.31. The van der Waals surface area contributed by atoms with E-state index in [1.165, 1.54) is 12.5 Å². The molecule has 0 aromatic heterocycles. The van der Waals surface area contributed by atoms with Crippen LogP contribution in [0.1, 0.15) is 49.7 Å². The summed E-state index contributed by atoms with van der Waals surface area (Å²) in [6.07, 6.45) is 0. The molecule has 1 unspecified atom stereocenters. The summed E-state index contributed by atoms with van der Waals surface area (Å²) in [6, 6.07) is 18.7. The third-order valence-corrected chi connectivity index (χ3v) is 3.20. The van der Waals surface area contributed by atoms with Crippen molar-refractivity contribution in [3.05, 3.63) is 71.8 Å². The lowest BCUT2D eigenvalue weighted by Gasteiger charge is -2.02. The van der Waals surface area contributed by atoms with Crippen molar-refractivity contribution in [2.75, 3.05) is 0 Å². The summed E-state index contributed by atoms with van der Waals surface area (Å²) in [6.45, 7) is 5.97. The van der Waals surface area contributed by atoms with Gasteiger partial charge in [0.2, 0.25) is 5.78 Å². The van der Waals surface area contributed by atoms with Crippen LogP contribution in [0.15, 0.2) is 60.7 Å². The second-order valence-corrected chi connectivity index (χ2v) is 6.11. The fourth-order valence-electron chi connectivity index (χ4n) is 1.43. The monoisotopic (exact) mass is 418 g/mol. The van der Waals surface area contributed by atoms with E-state index in [0.29, 0.717) is 0 Å². The first-order valence-electron chi connectivity index (χ1n) is 8.98. The number of ketones is 2. The second kappa shape index (κ2) is 16.6. The summed E-state index contributed by atoms with van der Waals surface area (Å²) in [5, 5.41) is 15.5. The molecule has 0 heterocycles. The first-order valence-corrected chi connectivity index (χ1v) is 8.98. The molecule has 2 rings (SSSR count). The molecule has 0 aliphatic carbocycles. The summed E-state index contributed by atoms with van der Waals surface area (Å²) in [7, 11) is 0. The van der Waals surface area contributed by atoms with Gasteiger partial charge in [-0.05, 0) is 26.3 Å². The minimum Gasteiger partial charge on any atom is -0.480 e. The molecule has 2 aromatic rings. The third-order valence-electron chi connectivity index (χ3n) is 3.20. The van der Waals surface area contributed by atoms with Crippen molar-refractivity contribution in [1.29, 1.82) is 0 Å². The highest BCUT2D eigenvalue weighted by Crippen LogP contribution is 2.06. The normalized spacial score (nSPS) is 10.9. The summed E-state index contributed by atoms with van der Waals surface area (Å²) in [5.41, 5.74) is 12.4. The van der Waals surface area contributed by atoms with Crippen LogP contribution in [0.25, 0.3) is 0 Å². The number of carbonyl (C=O) groups is 4. The molecule has 164 valence electrons. The van der Waals surface area contributed by atoms with Gasteiger partial charge >= 0.3 is 11.9 Å². The van der Waals surface area contributed by atoms with Crippen molar-refractivity contribution in [3.63, 3.8) is 0 Å². The van der Waals surface area contributed by atoms with E-state index in [2.05, 4.69) is 0 Å². The number of hydrogen-bond donors (Lipinski definition) is 4. The van der Waals surface area contributed by atoms with Gasteiger partial charge in [-0.3, -0.25) is 14.4 Å². The number of nitrogens with two attached hydrogens (primary N) is 2. The van der Waals surface area contributed by atoms with E-state index in [4.69, 9.17) is 21.7 Å². The van der Waals surface area contributed by atoms with Crippen molar-refractivity contribution in [1.82, 2.24) is 0 Å². The third kappa shape index (κ3) is 16.8. The Morgan fingerprint density at radius 3 is 1.27 bits per heavy atom. The predicted molar refractivity (Wildman–Crippen MR) is 115 cm³/mol. The Morgan fingerprint density at radius 2 is 1.10 bits per heavy atom. The van der Waals surface area contributed by atoms with Gasteiger partial charge in [0.1, 0.15) is 6.04 Å². The van der Waals surface area contributed by atoms with E-state index in [9.17, 15) is 19.2 Å². The molecule has 6 N–H and O–H groups in total. The van der Waals surface area contributed by atoms with Gasteiger partial charge < -0.3 is 21.7 Å². The Morgan fingerprint density at radius 1 is 0.767 bits per heavy atom. The lowest BCUT2D eigenvalue weighted by Crippen LogP contribution is -2.25. The van der Waals surface area contributed by atoms with Gasteiger partial charge in [-0.1, -0.05) is 60.7 Å². The molecule has 0 aliphatic rings. The van der Waals surface area contributed by atoms with E-state index in [1.54, 1.807) is 6.92 Å². The first-order chi connectivity index (χ1) is 13.9. The molecule has 0 radical (unpaired) electrons. The van der Waals surface area contributed by atoms with Crippen LogP contribution < -0.4 is 11.5 Å². The van der Waals surface area contributed by atoms with Crippen LogP contribution in [0.2, 0.25) is 0 Å². The van der Waals surface area contributed by atoms with Gasteiger partial charge in [-0.2, -0.15) is 0 Å². The molecule has 0 bridgehead atoms. The number of carboxylic acids is 2. The molecule has 0 saturated heterocycles. The van der Waals surface area contributed by atoms with Crippen molar-refractivity contribution in [2.24, 2.45) is 11.5 Å². The minimum atomic E-state index is -1.38. The second-order valence-electron chi connectivity index (χ2n) is 6.11. The Labute approximate surface area is 176 Å². The summed E-state index contributed by atoms with van der Waals surface area (Å²) >= 11 is 0. The Hall–Kier alpha value is -3.36. The van der Waals surface area contributed by atoms with Gasteiger partial charge in [-0.25, -0.2) is 4.79 Å². The van der Waals surface area contributed by atoms with Crippen LogP contribution in [0.4, 0.5) is 0 Å². The van der Waals surface area contributed by atoms with Crippen molar-refractivity contribution in [2.45, 2.75) is 39.8 Å². The van der Waals surface area contributed by atoms with Gasteiger partial charge in [0.05, 0.1) is 0 Å². The zero-order valence-corrected chi connectivity index (χ0v) is 17.6. The quantitative estimate of drug-likeness (QED) is 0.435. The van der Waals surface area contributed by atoms with Gasteiger partial charge in [0.25, 0.3) is 0 Å². The smallest absolute Gasteiger partial charge is 0.371 e. The van der Waals surface area contributed by atoms with Gasteiger partial charge in [0.15, 0.2) is 5.78 Å². The number of Topliss-reactive ketones (excluding diaryl/α,β-unsaturated/α-hetero) is 2. The topological polar surface area (TPSA) is 161 Å². The van der Waals surface area contributed by atoms with Crippen LogP contribution in [0.5, 0.6) is 0 Å². The van der Waals surface area contributed by atoms with Crippen LogP contribution in [-0.2, 0) is 14.4 Å². The minimum absolute atomic E-state index is 0.121. The van der Waals surface area contributed by atoms with E-state index < -0.39 is 23.8 Å². The number of rotatable bonds is 4. The molecule has 8 heteroatoms. The summed E-state index contributed by atoms with van der Waals surface area (Å²) in [5.74, 6) is -3.05.